The van der Waals surface area contributed by atoms with Crippen LogP contribution < -0.4 is 10.1 Å². The van der Waals surface area contributed by atoms with E-state index in [1.807, 2.05) is 0 Å². The molecule has 2 N–H and O–H groups in total. The molecule has 26 heavy (non-hydrogen) atoms. The van der Waals surface area contributed by atoms with Crippen LogP contribution in [0.15, 0.2) is 24.3 Å². The molecule has 2 heterocycles. The fraction of sp³-hybridized carbons (Fsp3) is 0.632. The Labute approximate surface area is 153 Å². The highest BCUT2D eigenvalue weighted by molar-refractivity contribution is 5.75. The standard InChI is InChI=1S/C19H28FN3O3/c20-15-5-7-17(8-6-15)26-18-12-23(13-18)19(25)21-9-3-11-22-10-2-1-4-16(22)14-24/h5-8,16,18,24H,1-4,9-14H2,(H,21,25)/t16-/m1/s1. The van der Waals surface area contributed by atoms with Gasteiger partial charge in [-0.15, -0.1) is 0 Å². The van der Waals surface area contributed by atoms with Gasteiger partial charge in [-0.25, -0.2) is 9.18 Å². The molecule has 6 nitrogen and oxygen atoms in total. The minimum atomic E-state index is -0.290. The fourth-order valence-corrected chi connectivity index (χ4v) is 3.53. The zero-order chi connectivity index (χ0) is 18.4. The lowest BCUT2D eigenvalue weighted by Gasteiger charge is -2.39. The van der Waals surface area contributed by atoms with Crippen molar-refractivity contribution in [3.05, 3.63) is 30.1 Å². The molecular weight excluding hydrogens is 337 g/mol. The normalized spacial score (nSPS) is 21.3. The third kappa shape index (κ3) is 5.08. The van der Waals surface area contributed by atoms with Gasteiger partial charge in [0.15, 0.2) is 0 Å². The van der Waals surface area contributed by atoms with Crippen molar-refractivity contribution in [2.75, 3.05) is 39.3 Å². The Bertz CT molecular complexity index is 578. The number of carbonyl (C=O) groups is 1. The molecule has 0 aromatic heterocycles. The Balaban J connectivity index is 1.28. The molecule has 144 valence electrons. The third-order valence-corrected chi connectivity index (χ3v) is 5.11. The smallest absolute Gasteiger partial charge is 0.317 e. The molecule has 0 saturated carbocycles. The Morgan fingerprint density at radius 1 is 1.27 bits per heavy atom. The van der Waals surface area contributed by atoms with E-state index in [9.17, 15) is 14.3 Å². The second-order valence-electron chi connectivity index (χ2n) is 7.05. The molecule has 2 fully saturated rings. The van der Waals surface area contributed by atoms with Crippen LogP contribution in [-0.2, 0) is 0 Å². The molecule has 0 spiro atoms. The number of amides is 2. The number of ether oxygens (including phenoxy) is 1. The molecule has 1 aromatic carbocycles. The molecule has 0 radical (unpaired) electrons. The van der Waals surface area contributed by atoms with Crippen molar-refractivity contribution in [3.63, 3.8) is 0 Å². The zero-order valence-corrected chi connectivity index (χ0v) is 15.1. The highest BCUT2D eigenvalue weighted by Crippen LogP contribution is 2.19. The van der Waals surface area contributed by atoms with E-state index in [1.54, 1.807) is 17.0 Å². The molecule has 2 saturated heterocycles. The van der Waals surface area contributed by atoms with E-state index in [-0.39, 0.29) is 30.6 Å². The lowest BCUT2D eigenvalue weighted by molar-refractivity contribution is 0.0441. The summed E-state index contributed by atoms with van der Waals surface area (Å²) in [5.41, 5.74) is 0. The van der Waals surface area contributed by atoms with Crippen molar-refractivity contribution in [1.29, 1.82) is 0 Å². The van der Waals surface area contributed by atoms with Crippen LogP contribution in [0.4, 0.5) is 9.18 Å². The van der Waals surface area contributed by atoms with Crippen LogP contribution in [0, 0.1) is 5.82 Å². The van der Waals surface area contributed by atoms with Gasteiger partial charge in [0, 0.05) is 19.1 Å². The monoisotopic (exact) mass is 365 g/mol. The van der Waals surface area contributed by atoms with Gasteiger partial charge < -0.3 is 20.1 Å². The predicted octanol–water partition coefficient (Wildman–Crippen LogP) is 1.84. The predicted molar refractivity (Wildman–Crippen MR) is 96.7 cm³/mol. The number of piperidine rings is 1. The number of aliphatic hydroxyl groups is 1. The number of halogens is 1. The summed E-state index contributed by atoms with van der Waals surface area (Å²) in [6.45, 7) is 3.88. The van der Waals surface area contributed by atoms with Crippen molar-refractivity contribution in [1.82, 2.24) is 15.1 Å². The molecule has 2 aliphatic rings. The average molecular weight is 365 g/mol. The van der Waals surface area contributed by atoms with Crippen LogP contribution in [0.1, 0.15) is 25.7 Å². The first-order chi connectivity index (χ1) is 12.7. The Morgan fingerprint density at radius 3 is 2.77 bits per heavy atom. The SMILES string of the molecule is O=C(NCCCN1CCCC[C@@H]1CO)N1CC(Oc2ccc(F)cc2)C1. The van der Waals surface area contributed by atoms with E-state index in [4.69, 9.17) is 4.74 Å². The molecule has 0 aliphatic carbocycles. The molecule has 2 aliphatic heterocycles. The van der Waals surface area contributed by atoms with E-state index >= 15 is 0 Å². The van der Waals surface area contributed by atoms with Gasteiger partial charge in [0.2, 0.25) is 0 Å². The number of nitrogens with zero attached hydrogens (tertiary/aromatic N) is 2. The maximum Gasteiger partial charge on any atom is 0.317 e. The molecule has 1 atom stereocenters. The van der Waals surface area contributed by atoms with Crippen molar-refractivity contribution >= 4 is 6.03 Å². The number of urea groups is 1. The van der Waals surface area contributed by atoms with Gasteiger partial charge in [-0.05, 0) is 50.1 Å². The number of benzene rings is 1. The Morgan fingerprint density at radius 2 is 2.04 bits per heavy atom. The number of aliphatic hydroxyl groups excluding tert-OH is 1. The summed E-state index contributed by atoms with van der Waals surface area (Å²) in [5, 5.41) is 12.4. The highest BCUT2D eigenvalue weighted by Gasteiger charge is 2.32. The quantitative estimate of drug-likeness (QED) is 0.724. The first kappa shape index (κ1) is 18.9. The lowest BCUT2D eigenvalue weighted by Crippen LogP contribution is -2.59. The Hall–Kier alpha value is -1.86. The van der Waals surface area contributed by atoms with Crippen LogP contribution >= 0.6 is 0 Å². The van der Waals surface area contributed by atoms with Gasteiger partial charge in [0.25, 0.3) is 0 Å². The largest absolute Gasteiger partial charge is 0.487 e. The van der Waals surface area contributed by atoms with Crippen LogP contribution in [0.3, 0.4) is 0 Å². The molecule has 3 rings (SSSR count). The molecule has 0 bridgehead atoms. The van der Waals surface area contributed by atoms with Crippen molar-refractivity contribution < 1.29 is 19.0 Å². The van der Waals surface area contributed by atoms with E-state index in [0.29, 0.717) is 25.4 Å². The first-order valence-corrected chi connectivity index (χ1v) is 9.45. The maximum absolute atomic E-state index is 12.9. The van der Waals surface area contributed by atoms with Gasteiger partial charge in [0.05, 0.1) is 19.7 Å². The summed E-state index contributed by atoms with van der Waals surface area (Å²) in [7, 11) is 0. The van der Waals surface area contributed by atoms with E-state index in [1.165, 1.54) is 25.0 Å². The van der Waals surface area contributed by atoms with E-state index < -0.39 is 0 Å². The summed E-state index contributed by atoms with van der Waals surface area (Å²) in [6, 6.07) is 6.13. The molecule has 1 aromatic rings. The minimum Gasteiger partial charge on any atom is -0.487 e. The number of hydrogen-bond acceptors (Lipinski definition) is 4. The van der Waals surface area contributed by atoms with Crippen molar-refractivity contribution in [2.45, 2.75) is 37.8 Å². The number of likely N-dealkylation sites (tertiary alicyclic amines) is 2. The minimum absolute atomic E-state index is 0.0372. The number of rotatable bonds is 7. The second kappa shape index (κ2) is 9.19. The fourth-order valence-electron chi connectivity index (χ4n) is 3.53. The van der Waals surface area contributed by atoms with Crippen LogP contribution in [-0.4, -0.2) is 72.4 Å². The van der Waals surface area contributed by atoms with Gasteiger partial charge in [-0.1, -0.05) is 6.42 Å². The van der Waals surface area contributed by atoms with Crippen LogP contribution in [0.2, 0.25) is 0 Å². The van der Waals surface area contributed by atoms with Crippen molar-refractivity contribution in [2.24, 2.45) is 0 Å². The van der Waals surface area contributed by atoms with Crippen LogP contribution in [0.5, 0.6) is 5.75 Å². The van der Waals surface area contributed by atoms with Gasteiger partial charge in [-0.2, -0.15) is 0 Å². The summed E-state index contributed by atoms with van der Waals surface area (Å²) < 4.78 is 18.6. The van der Waals surface area contributed by atoms with E-state index in [0.717, 1.165) is 25.9 Å². The lowest BCUT2D eigenvalue weighted by atomic mass is 10.0. The second-order valence-corrected chi connectivity index (χ2v) is 7.05. The Kier molecular flexibility index (Phi) is 6.68. The zero-order valence-electron chi connectivity index (χ0n) is 15.1. The summed E-state index contributed by atoms with van der Waals surface area (Å²) >= 11 is 0. The molecule has 7 heteroatoms. The number of carbonyl (C=O) groups excluding carboxylic acids is 1. The topological polar surface area (TPSA) is 65.0 Å². The molecule has 0 unspecified atom stereocenters. The third-order valence-electron chi connectivity index (χ3n) is 5.11. The van der Waals surface area contributed by atoms with E-state index in [2.05, 4.69) is 10.2 Å². The van der Waals surface area contributed by atoms with Gasteiger partial charge >= 0.3 is 6.03 Å². The maximum atomic E-state index is 12.9. The summed E-state index contributed by atoms with van der Waals surface area (Å²) in [6.07, 6.45) is 4.28. The van der Waals surface area contributed by atoms with Gasteiger partial charge in [-0.3, -0.25) is 4.90 Å². The van der Waals surface area contributed by atoms with Gasteiger partial charge in [0.1, 0.15) is 17.7 Å². The summed E-state index contributed by atoms with van der Waals surface area (Å²) in [4.78, 5) is 16.1. The molecular formula is C19H28FN3O3. The number of hydrogen-bond donors (Lipinski definition) is 2. The first-order valence-electron chi connectivity index (χ1n) is 9.45. The summed E-state index contributed by atoms with van der Waals surface area (Å²) in [5.74, 6) is 0.332. The number of nitrogens with one attached hydrogen (secondary N) is 1. The van der Waals surface area contributed by atoms with Crippen LogP contribution in [0.25, 0.3) is 0 Å². The highest BCUT2D eigenvalue weighted by atomic mass is 19.1. The molecule has 2 amide bonds. The van der Waals surface area contributed by atoms with Crippen molar-refractivity contribution in [3.8, 4) is 5.75 Å². The average Bonchev–Trinajstić information content (AvgIpc) is 2.63.